The molecule has 0 spiro atoms. The number of hydrogen-bond acceptors (Lipinski definition) is 6. The lowest BCUT2D eigenvalue weighted by molar-refractivity contribution is -0.143. The van der Waals surface area contributed by atoms with Crippen LogP contribution in [0.25, 0.3) is 27.6 Å². The molecule has 4 aromatic rings. The molecule has 1 unspecified atom stereocenters. The molecule has 3 heterocycles. The highest BCUT2D eigenvalue weighted by molar-refractivity contribution is 6.06. The minimum absolute atomic E-state index is 0.126. The highest BCUT2D eigenvalue weighted by Crippen LogP contribution is 2.47. The fourth-order valence-corrected chi connectivity index (χ4v) is 5.90. The van der Waals surface area contributed by atoms with Gasteiger partial charge in [-0.2, -0.15) is 5.10 Å². The van der Waals surface area contributed by atoms with Crippen LogP contribution in [0.3, 0.4) is 0 Å². The van der Waals surface area contributed by atoms with Crippen molar-refractivity contribution in [2.24, 2.45) is 11.8 Å². The molecule has 2 fully saturated rings. The molecule has 2 amide bonds. The van der Waals surface area contributed by atoms with Gasteiger partial charge < -0.3 is 10.2 Å². The van der Waals surface area contributed by atoms with E-state index in [9.17, 15) is 18.8 Å². The minimum atomic E-state index is -0.691. The summed E-state index contributed by atoms with van der Waals surface area (Å²) in [5.74, 6) is 0.148. The van der Waals surface area contributed by atoms with Gasteiger partial charge in [0, 0.05) is 36.8 Å². The lowest BCUT2D eigenvalue weighted by Crippen LogP contribution is -2.53. The van der Waals surface area contributed by atoms with E-state index in [1.54, 1.807) is 24.2 Å². The Morgan fingerprint density at radius 1 is 0.977 bits per heavy atom. The zero-order valence-electron chi connectivity index (χ0n) is 24.4. The largest absolute Gasteiger partial charge is 0.348 e. The normalized spacial score (nSPS) is 19.9. The molecule has 1 saturated heterocycles. The molecule has 1 aliphatic carbocycles. The number of halogens is 1. The summed E-state index contributed by atoms with van der Waals surface area (Å²) in [6.07, 6.45) is 4.97. The predicted molar refractivity (Wildman–Crippen MR) is 160 cm³/mol. The number of aromatic nitrogens is 4. The average molecular weight is 581 g/mol. The van der Waals surface area contributed by atoms with E-state index in [0.29, 0.717) is 47.1 Å². The molecule has 6 rings (SSSR count). The van der Waals surface area contributed by atoms with Gasteiger partial charge in [-0.25, -0.2) is 14.4 Å². The molecule has 3 atom stereocenters. The van der Waals surface area contributed by atoms with Gasteiger partial charge in [0.25, 0.3) is 0 Å². The van der Waals surface area contributed by atoms with Crippen molar-refractivity contribution < 1.29 is 18.8 Å². The van der Waals surface area contributed by atoms with Crippen LogP contribution >= 0.6 is 0 Å². The molecule has 1 aliphatic heterocycles. The van der Waals surface area contributed by atoms with Crippen LogP contribution in [-0.4, -0.2) is 61.4 Å². The van der Waals surface area contributed by atoms with Crippen molar-refractivity contribution in [1.82, 2.24) is 30.0 Å². The number of rotatable bonds is 8. The summed E-state index contributed by atoms with van der Waals surface area (Å²) in [6.45, 7) is 5.04. The average Bonchev–Trinajstić information content (AvgIpc) is 3.70. The second-order valence-electron chi connectivity index (χ2n) is 11.5. The van der Waals surface area contributed by atoms with Crippen molar-refractivity contribution in [3.05, 3.63) is 83.8 Å². The molecular formula is C33H33FN6O3. The zero-order valence-corrected chi connectivity index (χ0v) is 24.4. The highest BCUT2D eigenvalue weighted by Gasteiger charge is 2.49. The summed E-state index contributed by atoms with van der Waals surface area (Å²) >= 11 is 0. The maximum atomic E-state index is 14.9. The van der Waals surface area contributed by atoms with Crippen LogP contribution in [0.5, 0.6) is 0 Å². The number of fused-ring (bicyclic) bond motifs is 2. The second kappa shape index (κ2) is 11.5. The standard InChI is InChI=1S/C33H33FN6O3/c1-19(22-7-5-4-6-8-22)28(34)16-37-33(43)30-13-24-11-25(24)17-39(30)31(42)18-40-29-10-9-23(26-14-35-21(3)36-15-26)12-27(29)32(38-40)20(2)41/h4-10,12,14-15,24-25,30H,11,13,16-18H2,1-3H3,(H,37,43)/b28-19-/t24?,25-,30-/m0/s1. The molecule has 0 bridgehead atoms. The van der Waals surface area contributed by atoms with E-state index in [1.165, 1.54) is 11.6 Å². The minimum Gasteiger partial charge on any atom is -0.348 e. The molecule has 43 heavy (non-hydrogen) atoms. The number of likely N-dealkylation sites (tertiary alicyclic amines) is 1. The van der Waals surface area contributed by atoms with Crippen LogP contribution in [0, 0.1) is 18.8 Å². The van der Waals surface area contributed by atoms with Crippen LogP contribution in [0.15, 0.2) is 66.8 Å². The first-order valence-corrected chi connectivity index (χ1v) is 14.5. The molecule has 2 aliphatic rings. The van der Waals surface area contributed by atoms with Crippen molar-refractivity contribution in [3.8, 4) is 11.1 Å². The molecule has 220 valence electrons. The number of amides is 2. The summed E-state index contributed by atoms with van der Waals surface area (Å²) in [5.41, 5.74) is 3.75. The van der Waals surface area contributed by atoms with Crippen LogP contribution in [-0.2, 0) is 16.1 Å². The first-order valence-electron chi connectivity index (χ1n) is 14.5. The molecule has 2 aromatic carbocycles. The first-order chi connectivity index (χ1) is 20.7. The molecule has 1 N–H and O–H groups in total. The number of nitrogens with zero attached hydrogens (tertiary/aromatic N) is 5. The van der Waals surface area contributed by atoms with Gasteiger partial charge in [-0.05, 0) is 67.4 Å². The Labute approximate surface area is 248 Å². The number of allylic oxidation sites excluding steroid dienone is 1. The highest BCUT2D eigenvalue weighted by atomic mass is 19.1. The summed E-state index contributed by atoms with van der Waals surface area (Å²) in [5, 5.41) is 7.86. The Bertz CT molecular complexity index is 1750. The molecule has 2 aromatic heterocycles. The maximum Gasteiger partial charge on any atom is 0.245 e. The fraction of sp³-hybridized carbons (Fsp3) is 0.333. The van der Waals surface area contributed by atoms with Gasteiger partial charge in [0.1, 0.15) is 29.9 Å². The van der Waals surface area contributed by atoms with E-state index in [4.69, 9.17) is 0 Å². The Morgan fingerprint density at radius 3 is 2.44 bits per heavy atom. The number of Topliss-reactive ketones (excluding diaryl/α,β-unsaturated/α-hetero) is 1. The SMILES string of the molecule is CC(=O)c1nn(CC(=O)N2C[C@@H]3CC3C[C@H]2C(=O)NC/C(F)=C(\C)c2ccccc2)c2ccc(-c3cnc(C)nc3)cc12. The van der Waals surface area contributed by atoms with Gasteiger partial charge in [0.05, 0.1) is 12.1 Å². The number of carbonyl (C=O) groups excluding carboxylic acids is 3. The smallest absolute Gasteiger partial charge is 0.245 e. The van der Waals surface area contributed by atoms with E-state index >= 15 is 0 Å². The van der Waals surface area contributed by atoms with Gasteiger partial charge in [0.15, 0.2) is 5.78 Å². The Kier molecular flexibility index (Phi) is 7.60. The summed E-state index contributed by atoms with van der Waals surface area (Å²) in [7, 11) is 0. The number of carbonyl (C=O) groups is 3. The Balaban J connectivity index is 1.21. The van der Waals surface area contributed by atoms with Gasteiger partial charge in [0.2, 0.25) is 11.8 Å². The number of hydrogen-bond donors (Lipinski definition) is 1. The summed E-state index contributed by atoms with van der Waals surface area (Å²) < 4.78 is 16.5. The Hall–Kier alpha value is -4.73. The van der Waals surface area contributed by atoms with E-state index in [-0.39, 0.29) is 36.4 Å². The third-order valence-corrected chi connectivity index (χ3v) is 8.54. The van der Waals surface area contributed by atoms with Crippen molar-refractivity contribution in [2.75, 3.05) is 13.1 Å². The van der Waals surface area contributed by atoms with Gasteiger partial charge in [-0.1, -0.05) is 36.4 Å². The number of nitrogens with one attached hydrogen (secondary N) is 1. The molecule has 9 nitrogen and oxygen atoms in total. The van der Waals surface area contributed by atoms with Crippen LogP contribution < -0.4 is 5.32 Å². The third-order valence-electron chi connectivity index (χ3n) is 8.54. The lowest BCUT2D eigenvalue weighted by Gasteiger charge is -2.34. The molecule has 0 radical (unpaired) electrons. The molecule has 10 heteroatoms. The van der Waals surface area contributed by atoms with E-state index < -0.39 is 11.9 Å². The molecular weight excluding hydrogens is 547 g/mol. The Morgan fingerprint density at radius 2 is 1.72 bits per heavy atom. The van der Waals surface area contributed by atoms with Crippen molar-refractivity contribution in [1.29, 1.82) is 0 Å². The summed E-state index contributed by atoms with van der Waals surface area (Å²) in [6, 6.07) is 14.1. The quantitative estimate of drug-likeness (QED) is 0.301. The predicted octanol–water partition coefficient (Wildman–Crippen LogP) is 4.76. The van der Waals surface area contributed by atoms with Gasteiger partial charge in [-0.15, -0.1) is 0 Å². The summed E-state index contributed by atoms with van der Waals surface area (Å²) in [4.78, 5) is 49.7. The number of piperidine rings is 1. The van der Waals surface area contributed by atoms with Crippen molar-refractivity contribution in [2.45, 2.75) is 46.2 Å². The van der Waals surface area contributed by atoms with E-state index in [0.717, 1.165) is 23.1 Å². The van der Waals surface area contributed by atoms with Crippen molar-refractivity contribution >= 4 is 34.1 Å². The fourth-order valence-electron chi connectivity index (χ4n) is 5.90. The van der Waals surface area contributed by atoms with Crippen LogP contribution in [0.1, 0.15) is 48.6 Å². The van der Waals surface area contributed by atoms with Crippen LogP contribution in [0.4, 0.5) is 4.39 Å². The maximum absolute atomic E-state index is 14.9. The first kappa shape index (κ1) is 28.4. The monoisotopic (exact) mass is 580 g/mol. The number of aryl methyl sites for hydroxylation is 1. The molecule has 1 saturated carbocycles. The number of benzene rings is 2. The van der Waals surface area contributed by atoms with Crippen LogP contribution in [0.2, 0.25) is 0 Å². The van der Waals surface area contributed by atoms with E-state index in [2.05, 4.69) is 20.4 Å². The second-order valence-corrected chi connectivity index (χ2v) is 11.5. The van der Waals surface area contributed by atoms with Gasteiger partial charge >= 0.3 is 0 Å². The third kappa shape index (κ3) is 5.82. The van der Waals surface area contributed by atoms with Gasteiger partial charge in [-0.3, -0.25) is 19.1 Å². The van der Waals surface area contributed by atoms with E-state index in [1.807, 2.05) is 55.5 Å². The van der Waals surface area contributed by atoms with Crippen molar-refractivity contribution in [3.63, 3.8) is 0 Å². The topological polar surface area (TPSA) is 110 Å². The zero-order chi connectivity index (χ0) is 30.2. The lowest BCUT2D eigenvalue weighted by atomic mass is 10.0. The number of ketones is 1.